The number of aromatic nitrogens is 7. The Hall–Kier alpha value is -3.04. The van der Waals surface area contributed by atoms with Gasteiger partial charge in [-0.05, 0) is 13.8 Å². The highest BCUT2D eigenvalue weighted by molar-refractivity contribution is 5.96. The van der Waals surface area contributed by atoms with E-state index in [9.17, 15) is 4.79 Å². The van der Waals surface area contributed by atoms with Gasteiger partial charge in [0.15, 0.2) is 0 Å². The molecule has 0 spiro atoms. The first-order valence-electron chi connectivity index (χ1n) is 7.59. The van der Waals surface area contributed by atoms with Crippen LogP contribution in [-0.4, -0.2) is 59.0 Å². The standard InChI is InChI=1S/C14H16N8O2/c1-9-13(10(2)24-18-9)14(23)20-7-12(8-20)21-5-11(17-19-21)6-22-15-3-4-16-22/h3-5,12H,6-8H2,1-2H3. The van der Waals surface area contributed by atoms with Crippen molar-refractivity contribution >= 4 is 5.91 Å². The fourth-order valence-corrected chi connectivity index (χ4v) is 2.77. The second-order valence-corrected chi connectivity index (χ2v) is 5.81. The zero-order valence-corrected chi connectivity index (χ0v) is 13.3. The lowest BCUT2D eigenvalue weighted by Gasteiger charge is -2.38. The minimum atomic E-state index is -0.0522. The number of likely N-dealkylation sites (tertiary alicyclic amines) is 1. The van der Waals surface area contributed by atoms with E-state index in [1.165, 1.54) is 0 Å². The largest absolute Gasteiger partial charge is 0.361 e. The second-order valence-electron chi connectivity index (χ2n) is 5.81. The lowest BCUT2D eigenvalue weighted by molar-refractivity contribution is 0.0496. The molecule has 124 valence electrons. The van der Waals surface area contributed by atoms with Gasteiger partial charge in [0.25, 0.3) is 5.91 Å². The molecule has 3 aromatic rings. The number of hydrogen-bond acceptors (Lipinski definition) is 7. The molecule has 0 atom stereocenters. The summed E-state index contributed by atoms with van der Waals surface area (Å²) >= 11 is 0. The van der Waals surface area contributed by atoms with Crippen LogP contribution in [0.15, 0.2) is 23.1 Å². The van der Waals surface area contributed by atoms with Crippen LogP contribution in [0.25, 0.3) is 0 Å². The molecule has 0 saturated carbocycles. The molecule has 0 aliphatic carbocycles. The number of rotatable bonds is 4. The SMILES string of the molecule is Cc1noc(C)c1C(=O)N1CC(n2cc(Cn3nccn3)nn2)C1. The lowest BCUT2D eigenvalue weighted by Crippen LogP contribution is -2.51. The summed E-state index contributed by atoms with van der Waals surface area (Å²) in [5.41, 5.74) is 1.95. The van der Waals surface area contributed by atoms with E-state index in [2.05, 4.69) is 25.7 Å². The van der Waals surface area contributed by atoms with Crippen molar-refractivity contribution in [2.24, 2.45) is 0 Å². The van der Waals surface area contributed by atoms with Gasteiger partial charge in [-0.1, -0.05) is 10.4 Å². The van der Waals surface area contributed by atoms with Gasteiger partial charge in [-0.15, -0.1) is 5.10 Å². The molecule has 3 aromatic heterocycles. The monoisotopic (exact) mass is 328 g/mol. The highest BCUT2D eigenvalue weighted by Crippen LogP contribution is 2.25. The van der Waals surface area contributed by atoms with Crippen LogP contribution in [0.2, 0.25) is 0 Å². The molecular formula is C14H16N8O2. The van der Waals surface area contributed by atoms with Gasteiger partial charge in [-0.2, -0.15) is 15.0 Å². The molecule has 4 heterocycles. The van der Waals surface area contributed by atoms with E-state index in [0.717, 1.165) is 5.69 Å². The van der Waals surface area contributed by atoms with Crippen molar-refractivity contribution in [3.05, 3.63) is 41.3 Å². The van der Waals surface area contributed by atoms with E-state index in [1.807, 2.05) is 6.20 Å². The predicted molar refractivity (Wildman–Crippen MR) is 80.1 cm³/mol. The first-order valence-corrected chi connectivity index (χ1v) is 7.59. The van der Waals surface area contributed by atoms with Crippen molar-refractivity contribution in [1.82, 2.24) is 40.0 Å². The molecule has 4 rings (SSSR count). The fourth-order valence-electron chi connectivity index (χ4n) is 2.77. The quantitative estimate of drug-likeness (QED) is 0.674. The molecule has 0 bridgehead atoms. The van der Waals surface area contributed by atoms with E-state index >= 15 is 0 Å². The van der Waals surface area contributed by atoms with Gasteiger partial charge in [0, 0.05) is 13.1 Å². The Morgan fingerprint density at radius 3 is 2.71 bits per heavy atom. The summed E-state index contributed by atoms with van der Waals surface area (Å²) in [6.07, 6.45) is 5.11. The van der Waals surface area contributed by atoms with E-state index in [4.69, 9.17) is 4.52 Å². The van der Waals surface area contributed by atoms with Gasteiger partial charge in [0.2, 0.25) is 0 Å². The van der Waals surface area contributed by atoms with Crippen LogP contribution in [-0.2, 0) is 6.54 Å². The van der Waals surface area contributed by atoms with Crippen molar-refractivity contribution in [2.45, 2.75) is 26.4 Å². The molecule has 24 heavy (non-hydrogen) atoms. The van der Waals surface area contributed by atoms with Crippen LogP contribution < -0.4 is 0 Å². The molecule has 0 N–H and O–H groups in total. The second kappa shape index (κ2) is 5.55. The molecule has 0 aromatic carbocycles. The van der Waals surface area contributed by atoms with E-state index in [0.29, 0.717) is 36.7 Å². The predicted octanol–water partition coefficient (Wildman–Crippen LogP) is 0.220. The highest BCUT2D eigenvalue weighted by atomic mass is 16.5. The maximum atomic E-state index is 12.5. The molecule has 1 saturated heterocycles. The average molecular weight is 328 g/mol. The summed E-state index contributed by atoms with van der Waals surface area (Å²) in [4.78, 5) is 15.8. The highest BCUT2D eigenvalue weighted by Gasteiger charge is 2.35. The Morgan fingerprint density at radius 2 is 2.04 bits per heavy atom. The molecule has 1 aliphatic heterocycles. The fraction of sp³-hybridized carbons (Fsp3) is 0.429. The van der Waals surface area contributed by atoms with E-state index in [1.54, 1.807) is 40.6 Å². The Bertz CT molecular complexity index is 840. The maximum Gasteiger partial charge on any atom is 0.259 e. The first kappa shape index (κ1) is 14.5. The van der Waals surface area contributed by atoms with Crippen molar-refractivity contribution in [2.75, 3.05) is 13.1 Å². The minimum absolute atomic E-state index is 0.0522. The summed E-state index contributed by atoms with van der Waals surface area (Å²) in [6, 6.07) is 0.126. The molecule has 0 radical (unpaired) electrons. The zero-order chi connectivity index (χ0) is 16.7. The molecule has 1 fully saturated rings. The van der Waals surface area contributed by atoms with Crippen LogP contribution in [0.3, 0.4) is 0 Å². The summed E-state index contributed by atoms with van der Waals surface area (Å²) in [6.45, 7) is 5.17. The molecule has 0 unspecified atom stereocenters. The van der Waals surface area contributed by atoms with Crippen molar-refractivity contribution < 1.29 is 9.32 Å². The summed E-state index contributed by atoms with van der Waals surface area (Å²) in [7, 11) is 0. The third-order valence-electron chi connectivity index (χ3n) is 4.10. The van der Waals surface area contributed by atoms with Crippen molar-refractivity contribution in [3.8, 4) is 0 Å². The smallest absolute Gasteiger partial charge is 0.259 e. The molecule has 10 heteroatoms. The number of carbonyl (C=O) groups is 1. The third-order valence-corrected chi connectivity index (χ3v) is 4.10. The number of amides is 1. The van der Waals surface area contributed by atoms with Gasteiger partial charge in [-0.25, -0.2) is 4.68 Å². The van der Waals surface area contributed by atoms with Crippen molar-refractivity contribution in [1.29, 1.82) is 0 Å². The van der Waals surface area contributed by atoms with Crippen LogP contribution in [0, 0.1) is 13.8 Å². The topological polar surface area (TPSA) is 108 Å². The van der Waals surface area contributed by atoms with Gasteiger partial charge < -0.3 is 9.42 Å². The van der Waals surface area contributed by atoms with Gasteiger partial charge in [-0.3, -0.25) is 4.79 Å². The summed E-state index contributed by atoms with van der Waals surface area (Å²) < 4.78 is 6.85. The van der Waals surface area contributed by atoms with E-state index < -0.39 is 0 Å². The number of carbonyl (C=O) groups excluding carboxylic acids is 1. The van der Waals surface area contributed by atoms with Crippen molar-refractivity contribution in [3.63, 3.8) is 0 Å². The van der Waals surface area contributed by atoms with Gasteiger partial charge >= 0.3 is 0 Å². The zero-order valence-electron chi connectivity index (χ0n) is 13.3. The van der Waals surface area contributed by atoms with Gasteiger partial charge in [0.05, 0.1) is 30.3 Å². The summed E-state index contributed by atoms with van der Waals surface area (Å²) in [5.74, 6) is 0.499. The van der Waals surface area contributed by atoms with E-state index in [-0.39, 0.29) is 11.9 Å². The number of aryl methyl sites for hydroxylation is 2. The number of nitrogens with zero attached hydrogens (tertiary/aromatic N) is 8. The average Bonchev–Trinajstić information content (AvgIpc) is 3.22. The van der Waals surface area contributed by atoms with Gasteiger partial charge in [0.1, 0.15) is 23.6 Å². The number of hydrogen-bond donors (Lipinski definition) is 0. The normalized spacial score (nSPS) is 14.8. The Morgan fingerprint density at radius 1 is 1.29 bits per heavy atom. The molecule has 10 nitrogen and oxygen atoms in total. The van der Waals surface area contributed by atoms with Crippen LogP contribution >= 0.6 is 0 Å². The molecule has 1 amide bonds. The molecule has 1 aliphatic rings. The first-order chi connectivity index (χ1) is 11.6. The van der Waals surface area contributed by atoms with Crippen LogP contribution in [0.4, 0.5) is 0 Å². The van der Waals surface area contributed by atoms with Crippen LogP contribution in [0.5, 0.6) is 0 Å². The third kappa shape index (κ3) is 2.45. The Labute approximate surface area is 137 Å². The van der Waals surface area contributed by atoms with Crippen LogP contribution in [0.1, 0.15) is 33.5 Å². The Balaban J connectivity index is 1.39. The summed E-state index contributed by atoms with van der Waals surface area (Å²) in [5, 5.41) is 20.2. The minimum Gasteiger partial charge on any atom is -0.361 e. The Kier molecular flexibility index (Phi) is 3.36. The maximum absolute atomic E-state index is 12.5. The lowest BCUT2D eigenvalue weighted by atomic mass is 10.1. The molecular weight excluding hydrogens is 312 g/mol.